The van der Waals surface area contributed by atoms with E-state index in [-0.39, 0.29) is 0 Å². The first-order valence-corrected chi connectivity index (χ1v) is 6.71. The molecule has 0 aromatic carbocycles. The van der Waals surface area contributed by atoms with Crippen LogP contribution in [0.3, 0.4) is 0 Å². The molecule has 0 bridgehead atoms. The Balaban J connectivity index is 1.85. The highest BCUT2D eigenvalue weighted by molar-refractivity contribution is 4.87. The Labute approximate surface area is 115 Å². The second-order valence-electron chi connectivity index (χ2n) is 4.99. The van der Waals surface area contributed by atoms with E-state index in [4.69, 9.17) is 4.74 Å². The number of ether oxygens (including phenoxy) is 1. The summed E-state index contributed by atoms with van der Waals surface area (Å²) in [5.41, 5.74) is 0. The van der Waals surface area contributed by atoms with Crippen molar-refractivity contribution in [1.82, 2.24) is 19.7 Å². The van der Waals surface area contributed by atoms with Crippen LogP contribution >= 0.6 is 0 Å². The highest BCUT2D eigenvalue weighted by atomic mass is 19.4. The predicted molar refractivity (Wildman–Crippen MR) is 66.3 cm³/mol. The van der Waals surface area contributed by atoms with Crippen molar-refractivity contribution < 1.29 is 17.9 Å². The molecular formula is C12H19F3N4O. The van der Waals surface area contributed by atoms with Crippen molar-refractivity contribution >= 4 is 0 Å². The molecule has 1 aromatic rings. The van der Waals surface area contributed by atoms with Crippen molar-refractivity contribution in [1.29, 1.82) is 0 Å². The van der Waals surface area contributed by atoms with Crippen LogP contribution in [0.1, 0.15) is 19.2 Å². The number of alkyl halides is 3. The van der Waals surface area contributed by atoms with Gasteiger partial charge in [0.1, 0.15) is 18.7 Å². The van der Waals surface area contributed by atoms with Gasteiger partial charge in [-0.1, -0.05) is 0 Å². The zero-order valence-corrected chi connectivity index (χ0v) is 11.4. The quantitative estimate of drug-likeness (QED) is 0.825. The van der Waals surface area contributed by atoms with Crippen LogP contribution in [0, 0.1) is 0 Å². The van der Waals surface area contributed by atoms with Gasteiger partial charge in [-0.05, 0) is 13.3 Å². The van der Waals surface area contributed by atoms with Crippen molar-refractivity contribution in [2.24, 2.45) is 0 Å². The smallest absolute Gasteiger partial charge is 0.379 e. The summed E-state index contributed by atoms with van der Waals surface area (Å²) in [4.78, 5) is 6.21. The van der Waals surface area contributed by atoms with Gasteiger partial charge in [-0.2, -0.15) is 18.3 Å². The summed E-state index contributed by atoms with van der Waals surface area (Å²) in [7, 11) is 0. The number of halogens is 3. The summed E-state index contributed by atoms with van der Waals surface area (Å²) in [6.45, 7) is 4.18. The van der Waals surface area contributed by atoms with Crippen LogP contribution in [0.5, 0.6) is 0 Å². The molecule has 2 rings (SSSR count). The molecule has 0 unspecified atom stereocenters. The summed E-state index contributed by atoms with van der Waals surface area (Å²) < 4.78 is 43.4. The molecule has 20 heavy (non-hydrogen) atoms. The van der Waals surface area contributed by atoms with Gasteiger partial charge in [0.25, 0.3) is 0 Å². The maximum absolute atomic E-state index is 12.4. The number of nitrogens with zero attached hydrogens (tertiary/aromatic N) is 4. The molecule has 0 aliphatic carbocycles. The fourth-order valence-electron chi connectivity index (χ4n) is 2.32. The number of hydrogen-bond donors (Lipinski definition) is 0. The van der Waals surface area contributed by atoms with Gasteiger partial charge in [0.05, 0.1) is 13.2 Å². The Morgan fingerprint density at radius 1 is 1.35 bits per heavy atom. The highest BCUT2D eigenvalue weighted by Gasteiger charge is 2.29. The van der Waals surface area contributed by atoms with Crippen LogP contribution in [0.2, 0.25) is 0 Å². The van der Waals surface area contributed by atoms with Crippen LogP contribution in [0.25, 0.3) is 0 Å². The molecular weight excluding hydrogens is 273 g/mol. The van der Waals surface area contributed by atoms with Crippen LogP contribution in [-0.4, -0.2) is 58.2 Å². The lowest BCUT2D eigenvalue weighted by atomic mass is 10.1. The molecule has 1 atom stereocenters. The van der Waals surface area contributed by atoms with Gasteiger partial charge < -0.3 is 4.74 Å². The number of rotatable bonds is 5. The van der Waals surface area contributed by atoms with Crippen molar-refractivity contribution in [2.45, 2.75) is 38.5 Å². The maximum Gasteiger partial charge on any atom is 0.408 e. The summed E-state index contributed by atoms with van der Waals surface area (Å²) >= 11 is 0. The van der Waals surface area contributed by atoms with E-state index in [0.717, 1.165) is 24.2 Å². The Bertz CT molecular complexity index is 415. The summed E-state index contributed by atoms with van der Waals surface area (Å²) in [5.74, 6) is 0.391. The van der Waals surface area contributed by atoms with Gasteiger partial charge in [-0.25, -0.2) is 9.67 Å². The van der Waals surface area contributed by atoms with Crippen LogP contribution in [0.15, 0.2) is 6.33 Å². The van der Waals surface area contributed by atoms with Crippen molar-refractivity contribution in [3.05, 3.63) is 12.2 Å². The minimum absolute atomic E-state index is 0.301. The molecule has 8 heteroatoms. The van der Waals surface area contributed by atoms with E-state index < -0.39 is 12.7 Å². The molecule has 114 valence electrons. The summed E-state index contributed by atoms with van der Waals surface area (Å²) in [6, 6.07) is 0.301. The van der Waals surface area contributed by atoms with Crippen molar-refractivity contribution in [3.8, 4) is 0 Å². The van der Waals surface area contributed by atoms with Gasteiger partial charge in [0.2, 0.25) is 0 Å². The SMILES string of the molecule is C[C@H](CCc1ncnn1CC(F)(F)F)N1CCOCC1. The molecule has 0 N–H and O–H groups in total. The molecule has 1 aromatic heterocycles. The van der Waals surface area contributed by atoms with Gasteiger partial charge >= 0.3 is 6.18 Å². The molecule has 1 fully saturated rings. The average molecular weight is 292 g/mol. The third-order valence-corrected chi connectivity index (χ3v) is 3.48. The minimum Gasteiger partial charge on any atom is -0.379 e. The highest BCUT2D eigenvalue weighted by Crippen LogP contribution is 2.18. The lowest BCUT2D eigenvalue weighted by molar-refractivity contribution is -0.143. The van der Waals surface area contributed by atoms with Crippen LogP contribution < -0.4 is 0 Å². The topological polar surface area (TPSA) is 43.2 Å². The van der Waals surface area contributed by atoms with Crippen LogP contribution in [0.4, 0.5) is 13.2 Å². The van der Waals surface area contributed by atoms with E-state index in [1.807, 2.05) is 0 Å². The van der Waals surface area contributed by atoms with Crippen molar-refractivity contribution in [3.63, 3.8) is 0 Å². The lowest BCUT2D eigenvalue weighted by Gasteiger charge is -2.32. The lowest BCUT2D eigenvalue weighted by Crippen LogP contribution is -2.42. The average Bonchev–Trinajstić information content (AvgIpc) is 2.82. The standard InChI is InChI=1S/C12H19F3N4O/c1-10(18-4-6-20-7-5-18)2-3-11-16-9-17-19(11)8-12(13,14)15/h9-10H,2-8H2,1H3/t10-/m1/s1. The molecule has 0 saturated carbocycles. The molecule has 1 aliphatic heterocycles. The fraction of sp³-hybridized carbons (Fsp3) is 0.833. The van der Waals surface area contributed by atoms with Crippen LogP contribution in [-0.2, 0) is 17.7 Å². The molecule has 0 amide bonds. The zero-order chi connectivity index (χ0) is 14.6. The number of aromatic nitrogens is 3. The normalized spacial score (nSPS) is 19.2. The van der Waals surface area contributed by atoms with E-state index in [1.165, 1.54) is 6.33 Å². The summed E-state index contributed by atoms with van der Waals surface area (Å²) in [6.07, 6.45) is -1.83. The van der Waals surface area contributed by atoms with Gasteiger partial charge in [0, 0.05) is 25.6 Å². The van der Waals surface area contributed by atoms with Crippen molar-refractivity contribution in [2.75, 3.05) is 26.3 Å². The number of hydrogen-bond acceptors (Lipinski definition) is 4. The Morgan fingerprint density at radius 3 is 2.70 bits per heavy atom. The fourth-order valence-corrected chi connectivity index (χ4v) is 2.32. The molecule has 1 saturated heterocycles. The molecule has 0 radical (unpaired) electrons. The van der Waals surface area contributed by atoms with E-state index in [0.29, 0.717) is 31.5 Å². The second-order valence-corrected chi connectivity index (χ2v) is 4.99. The monoisotopic (exact) mass is 292 g/mol. The number of morpholine rings is 1. The molecule has 5 nitrogen and oxygen atoms in total. The van der Waals surface area contributed by atoms with E-state index in [9.17, 15) is 13.2 Å². The summed E-state index contributed by atoms with van der Waals surface area (Å²) in [5, 5.41) is 3.64. The largest absolute Gasteiger partial charge is 0.408 e. The zero-order valence-electron chi connectivity index (χ0n) is 11.4. The maximum atomic E-state index is 12.4. The minimum atomic E-state index is -4.27. The molecule has 0 spiro atoms. The number of aryl methyl sites for hydroxylation is 1. The second kappa shape index (κ2) is 6.53. The molecule has 1 aliphatic rings. The Kier molecular flexibility index (Phi) is 4.98. The first-order valence-electron chi connectivity index (χ1n) is 6.71. The van der Waals surface area contributed by atoms with Gasteiger partial charge in [-0.3, -0.25) is 4.90 Å². The van der Waals surface area contributed by atoms with E-state index in [1.54, 1.807) is 0 Å². The Hall–Kier alpha value is -1.15. The van der Waals surface area contributed by atoms with E-state index in [2.05, 4.69) is 21.9 Å². The Morgan fingerprint density at radius 2 is 2.05 bits per heavy atom. The third kappa shape index (κ3) is 4.45. The molecule has 2 heterocycles. The first kappa shape index (κ1) is 15.2. The van der Waals surface area contributed by atoms with E-state index >= 15 is 0 Å². The third-order valence-electron chi connectivity index (χ3n) is 3.48. The first-order chi connectivity index (χ1) is 9.46. The van der Waals surface area contributed by atoms with Gasteiger partial charge in [-0.15, -0.1) is 0 Å². The predicted octanol–water partition coefficient (Wildman–Crippen LogP) is 1.49. The van der Waals surface area contributed by atoms with Gasteiger partial charge in [0.15, 0.2) is 0 Å².